The minimum atomic E-state index is -4.09. The molecule has 1 N–H and O–H groups in total. The summed E-state index contributed by atoms with van der Waals surface area (Å²) in [7, 11) is -4.09. The fraction of sp³-hybridized carbons (Fsp3) is 0.375. The van der Waals surface area contributed by atoms with Crippen molar-refractivity contribution < 1.29 is 18.0 Å². The van der Waals surface area contributed by atoms with Crippen molar-refractivity contribution in [3.8, 4) is 0 Å². The van der Waals surface area contributed by atoms with Gasteiger partial charge in [-0.1, -0.05) is 74.0 Å². The highest BCUT2D eigenvalue weighted by molar-refractivity contribution is 7.92. The Morgan fingerprint density at radius 1 is 0.850 bits per heavy atom. The number of carbonyl (C=O) groups excluding carboxylic acids is 2. The van der Waals surface area contributed by atoms with Crippen LogP contribution in [0, 0.1) is 20.8 Å². The first kappa shape index (κ1) is 30.9. The Morgan fingerprint density at radius 3 is 2.10 bits per heavy atom. The lowest BCUT2D eigenvalue weighted by Crippen LogP contribution is -2.53. The predicted molar refractivity (Wildman–Crippen MR) is 161 cm³/mol. The van der Waals surface area contributed by atoms with Gasteiger partial charge in [0.05, 0.1) is 10.6 Å². The molecule has 0 radical (unpaired) electrons. The summed E-state index contributed by atoms with van der Waals surface area (Å²) in [6.45, 7) is 11.2. The summed E-state index contributed by atoms with van der Waals surface area (Å²) in [5.41, 5.74) is 4.03. The monoisotopic (exact) mass is 563 g/mol. The molecule has 0 saturated carbocycles. The minimum Gasteiger partial charge on any atom is -0.352 e. The third kappa shape index (κ3) is 7.30. The zero-order valence-corrected chi connectivity index (χ0v) is 25.2. The van der Waals surface area contributed by atoms with Gasteiger partial charge < -0.3 is 10.2 Å². The highest BCUT2D eigenvalue weighted by atomic mass is 32.2. The van der Waals surface area contributed by atoms with Gasteiger partial charge in [0, 0.05) is 12.6 Å². The number of rotatable bonds is 12. The first-order chi connectivity index (χ1) is 19.0. The van der Waals surface area contributed by atoms with Gasteiger partial charge in [-0.3, -0.25) is 13.9 Å². The number of amides is 2. The van der Waals surface area contributed by atoms with Crippen LogP contribution in [0.15, 0.2) is 77.7 Å². The maximum Gasteiger partial charge on any atom is 0.264 e. The first-order valence-electron chi connectivity index (χ1n) is 13.8. The second kappa shape index (κ2) is 13.6. The largest absolute Gasteiger partial charge is 0.352 e. The zero-order valence-electron chi connectivity index (χ0n) is 24.3. The van der Waals surface area contributed by atoms with E-state index in [0.717, 1.165) is 28.7 Å². The maximum absolute atomic E-state index is 14.2. The Labute approximate surface area is 239 Å². The van der Waals surface area contributed by atoms with Crippen LogP contribution in [0.4, 0.5) is 5.69 Å². The number of nitrogens with zero attached hydrogens (tertiary/aromatic N) is 2. The van der Waals surface area contributed by atoms with E-state index in [0.29, 0.717) is 12.1 Å². The van der Waals surface area contributed by atoms with Crippen molar-refractivity contribution >= 4 is 27.5 Å². The molecule has 2 atom stereocenters. The molecule has 2 amide bonds. The maximum atomic E-state index is 14.2. The van der Waals surface area contributed by atoms with Crippen LogP contribution in [0.1, 0.15) is 55.9 Å². The summed E-state index contributed by atoms with van der Waals surface area (Å²) >= 11 is 0. The van der Waals surface area contributed by atoms with Crippen LogP contribution in [0.5, 0.6) is 0 Å². The molecule has 3 rings (SSSR count). The van der Waals surface area contributed by atoms with Crippen LogP contribution in [0.25, 0.3) is 0 Å². The molecule has 0 aliphatic heterocycles. The molecule has 0 fully saturated rings. The van der Waals surface area contributed by atoms with Crippen LogP contribution in [0.3, 0.4) is 0 Å². The molecule has 8 heteroatoms. The van der Waals surface area contributed by atoms with Gasteiger partial charge in [-0.2, -0.15) is 0 Å². The SMILES string of the molecule is CC[C@@H](C)NC(=O)[C@H](CC)N(Cc1ccccc1C)C(=O)CN(c1ccc(C)cc1C)S(=O)(=O)c1ccccc1. The molecular weight excluding hydrogens is 522 g/mol. The summed E-state index contributed by atoms with van der Waals surface area (Å²) in [4.78, 5) is 29.2. The Morgan fingerprint density at radius 2 is 1.50 bits per heavy atom. The molecule has 0 aliphatic rings. The van der Waals surface area contributed by atoms with Crippen LogP contribution in [-0.2, 0) is 26.2 Å². The van der Waals surface area contributed by atoms with Gasteiger partial charge in [-0.25, -0.2) is 8.42 Å². The van der Waals surface area contributed by atoms with Gasteiger partial charge in [0.1, 0.15) is 12.6 Å². The van der Waals surface area contributed by atoms with Crippen LogP contribution in [-0.4, -0.2) is 43.8 Å². The molecule has 0 unspecified atom stereocenters. The fourth-order valence-corrected chi connectivity index (χ4v) is 6.15. The van der Waals surface area contributed by atoms with Gasteiger partial charge in [0.2, 0.25) is 11.8 Å². The lowest BCUT2D eigenvalue weighted by molar-refractivity contribution is -0.140. The van der Waals surface area contributed by atoms with Crippen molar-refractivity contribution in [2.24, 2.45) is 0 Å². The van der Waals surface area contributed by atoms with Crippen molar-refractivity contribution in [1.82, 2.24) is 10.2 Å². The number of hydrogen-bond acceptors (Lipinski definition) is 4. The topological polar surface area (TPSA) is 86.8 Å². The Bertz CT molecular complexity index is 1420. The van der Waals surface area contributed by atoms with Gasteiger partial charge in [0.25, 0.3) is 10.0 Å². The lowest BCUT2D eigenvalue weighted by Gasteiger charge is -2.34. The average Bonchev–Trinajstić information content (AvgIpc) is 2.93. The van der Waals surface area contributed by atoms with Crippen molar-refractivity contribution in [1.29, 1.82) is 0 Å². The van der Waals surface area contributed by atoms with E-state index in [9.17, 15) is 18.0 Å². The van der Waals surface area contributed by atoms with Gasteiger partial charge in [-0.05, 0) is 75.4 Å². The minimum absolute atomic E-state index is 0.0536. The average molecular weight is 564 g/mol. The summed E-state index contributed by atoms with van der Waals surface area (Å²) < 4.78 is 29.1. The molecule has 0 heterocycles. The van der Waals surface area contributed by atoms with Gasteiger partial charge in [0.15, 0.2) is 0 Å². The van der Waals surface area contributed by atoms with E-state index in [1.54, 1.807) is 24.3 Å². The van der Waals surface area contributed by atoms with Crippen LogP contribution < -0.4 is 9.62 Å². The number of sulfonamides is 1. The summed E-state index contributed by atoms with van der Waals surface area (Å²) in [5, 5.41) is 3.01. The quantitative estimate of drug-likeness (QED) is 0.314. The van der Waals surface area contributed by atoms with E-state index in [1.165, 1.54) is 21.3 Å². The molecule has 3 aromatic rings. The summed E-state index contributed by atoms with van der Waals surface area (Å²) in [6.07, 6.45) is 1.14. The fourth-order valence-electron chi connectivity index (χ4n) is 4.65. The van der Waals surface area contributed by atoms with E-state index < -0.39 is 28.5 Å². The van der Waals surface area contributed by atoms with E-state index in [2.05, 4.69) is 5.32 Å². The highest BCUT2D eigenvalue weighted by Crippen LogP contribution is 2.28. The standard InChI is InChI=1S/C32H41N3O4S/c1-7-26(6)33-32(37)29(8-2)34(21-27-15-13-12-14-24(27)4)31(36)22-35(30-19-18-23(3)20-25(30)5)40(38,39)28-16-10-9-11-17-28/h9-20,26,29H,7-8,21-22H2,1-6H3,(H,33,37)/t26-,29+/m1/s1. The number of benzene rings is 3. The Kier molecular flexibility index (Phi) is 10.5. The van der Waals surface area contributed by atoms with E-state index >= 15 is 0 Å². The van der Waals surface area contributed by atoms with E-state index in [-0.39, 0.29) is 23.4 Å². The number of aryl methyl sites for hydroxylation is 3. The summed E-state index contributed by atoms with van der Waals surface area (Å²) in [6, 6.07) is 20.5. The first-order valence-corrected chi connectivity index (χ1v) is 15.2. The lowest BCUT2D eigenvalue weighted by atomic mass is 10.1. The van der Waals surface area contributed by atoms with Gasteiger partial charge >= 0.3 is 0 Å². The van der Waals surface area contributed by atoms with Crippen LogP contribution in [0.2, 0.25) is 0 Å². The van der Waals surface area contributed by atoms with Crippen molar-refractivity contribution in [2.45, 2.75) is 77.9 Å². The second-order valence-corrected chi connectivity index (χ2v) is 12.2. The van der Waals surface area contributed by atoms with Crippen LogP contribution >= 0.6 is 0 Å². The molecule has 3 aromatic carbocycles. The summed E-state index contributed by atoms with van der Waals surface area (Å²) in [5.74, 6) is -0.698. The number of hydrogen-bond donors (Lipinski definition) is 1. The molecule has 7 nitrogen and oxygen atoms in total. The van der Waals surface area contributed by atoms with E-state index in [4.69, 9.17) is 0 Å². The molecule has 0 aromatic heterocycles. The smallest absolute Gasteiger partial charge is 0.264 e. The molecule has 0 bridgehead atoms. The van der Waals surface area contributed by atoms with Gasteiger partial charge in [-0.15, -0.1) is 0 Å². The van der Waals surface area contributed by atoms with Crippen molar-refractivity contribution in [3.63, 3.8) is 0 Å². The third-order valence-corrected chi connectivity index (χ3v) is 8.99. The predicted octanol–water partition coefficient (Wildman–Crippen LogP) is 5.53. The number of carbonyl (C=O) groups is 2. The number of nitrogens with one attached hydrogen (secondary N) is 1. The van der Waals surface area contributed by atoms with Crippen molar-refractivity contribution in [3.05, 3.63) is 95.1 Å². The second-order valence-electron chi connectivity index (χ2n) is 10.3. The molecule has 0 spiro atoms. The molecule has 0 aliphatic carbocycles. The third-order valence-electron chi connectivity index (χ3n) is 7.22. The molecule has 0 saturated heterocycles. The Hall–Kier alpha value is -3.65. The highest BCUT2D eigenvalue weighted by Gasteiger charge is 2.34. The molecular formula is C32H41N3O4S. The zero-order chi connectivity index (χ0) is 29.4. The van der Waals surface area contributed by atoms with E-state index in [1.807, 2.05) is 77.9 Å². The normalized spacial score (nSPS) is 12.8. The Balaban J connectivity index is 2.09. The molecule has 40 heavy (non-hydrogen) atoms. The molecule has 214 valence electrons. The van der Waals surface area contributed by atoms with Crippen molar-refractivity contribution in [2.75, 3.05) is 10.8 Å². The number of anilines is 1.